The molecule has 1 saturated heterocycles. The number of furan rings is 1. The Hall–Kier alpha value is -2.70. The molecule has 1 aliphatic heterocycles. The predicted molar refractivity (Wildman–Crippen MR) is 125 cm³/mol. The summed E-state index contributed by atoms with van der Waals surface area (Å²) in [4.78, 5) is 22.4. The second kappa shape index (κ2) is 10.9. The van der Waals surface area contributed by atoms with E-state index in [9.17, 15) is 0 Å². The van der Waals surface area contributed by atoms with Crippen molar-refractivity contribution in [1.29, 1.82) is 0 Å². The molecule has 0 bridgehead atoms. The molecular formula is C19H26IN9O. The largest absolute Gasteiger partial charge is 0.461 e. The Balaban J connectivity index is 0.00000256. The average molecular weight is 523 g/mol. The summed E-state index contributed by atoms with van der Waals surface area (Å²) in [5, 5.41) is 10.5. The first-order valence-corrected chi connectivity index (χ1v) is 9.84. The molecule has 4 rings (SSSR count). The van der Waals surface area contributed by atoms with Crippen LogP contribution >= 0.6 is 24.0 Å². The zero-order valence-corrected chi connectivity index (χ0v) is 19.2. The van der Waals surface area contributed by atoms with Gasteiger partial charge in [0.05, 0.1) is 6.26 Å². The number of nitrogens with one attached hydrogen (secondary N) is 2. The van der Waals surface area contributed by atoms with Crippen LogP contribution in [0.15, 0.2) is 46.3 Å². The van der Waals surface area contributed by atoms with Gasteiger partial charge >= 0.3 is 0 Å². The van der Waals surface area contributed by atoms with E-state index in [0.29, 0.717) is 24.6 Å². The molecule has 11 heteroatoms. The summed E-state index contributed by atoms with van der Waals surface area (Å²) in [6.45, 7) is 6.99. The van der Waals surface area contributed by atoms with Crippen molar-refractivity contribution in [3.8, 4) is 11.6 Å². The van der Waals surface area contributed by atoms with E-state index in [0.717, 1.165) is 50.5 Å². The van der Waals surface area contributed by atoms with E-state index in [1.807, 2.05) is 18.2 Å². The molecule has 3 aromatic heterocycles. The van der Waals surface area contributed by atoms with Crippen molar-refractivity contribution in [2.24, 2.45) is 4.99 Å². The van der Waals surface area contributed by atoms with Crippen LogP contribution in [0.25, 0.3) is 11.6 Å². The van der Waals surface area contributed by atoms with Crippen LogP contribution < -0.4 is 10.2 Å². The van der Waals surface area contributed by atoms with Gasteiger partial charge in [-0.3, -0.25) is 10.1 Å². The zero-order valence-electron chi connectivity index (χ0n) is 16.9. The third kappa shape index (κ3) is 5.46. The van der Waals surface area contributed by atoms with E-state index in [2.05, 4.69) is 47.2 Å². The summed E-state index contributed by atoms with van der Waals surface area (Å²) >= 11 is 0. The number of piperazine rings is 1. The summed E-state index contributed by atoms with van der Waals surface area (Å²) < 4.78 is 5.33. The number of guanidine groups is 1. The molecule has 0 aromatic carbocycles. The normalized spacial score (nSPS) is 14.5. The second-order valence-corrected chi connectivity index (χ2v) is 6.59. The van der Waals surface area contributed by atoms with Crippen molar-refractivity contribution in [1.82, 2.24) is 35.4 Å². The molecule has 0 spiro atoms. The van der Waals surface area contributed by atoms with Gasteiger partial charge in [-0.25, -0.2) is 15.0 Å². The van der Waals surface area contributed by atoms with Crippen molar-refractivity contribution in [3.05, 3.63) is 42.7 Å². The van der Waals surface area contributed by atoms with Crippen LogP contribution in [0.5, 0.6) is 0 Å². The lowest BCUT2D eigenvalue weighted by Gasteiger charge is -2.36. The summed E-state index contributed by atoms with van der Waals surface area (Å²) in [6, 6.07) is 5.50. The Bertz CT molecular complexity index is 905. The highest BCUT2D eigenvalue weighted by atomic mass is 127. The fraction of sp³-hybridized carbons (Fsp3) is 0.421. The Morgan fingerprint density at radius 3 is 2.70 bits per heavy atom. The molecule has 1 aliphatic rings. The van der Waals surface area contributed by atoms with Crippen molar-refractivity contribution in [3.63, 3.8) is 0 Å². The highest BCUT2D eigenvalue weighted by molar-refractivity contribution is 14.0. The number of hydrogen-bond acceptors (Lipinski definition) is 7. The van der Waals surface area contributed by atoms with Gasteiger partial charge in [-0.2, -0.15) is 5.10 Å². The maximum Gasteiger partial charge on any atom is 0.225 e. The van der Waals surface area contributed by atoms with Crippen LogP contribution in [0.4, 0.5) is 5.95 Å². The van der Waals surface area contributed by atoms with E-state index >= 15 is 0 Å². The lowest BCUT2D eigenvalue weighted by atomic mass is 10.3. The monoisotopic (exact) mass is 523 g/mol. The lowest BCUT2D eigenvalue weighted by molar-refractivity contribution is 0.370. The van der Waals surface area contributed by atoms with Crippen molar-refractivity contribution in [2.45, 2.75) is 13.3 Å². The SMILES string of the molecule is CCNC(=NCCc1nc(-c2ccco2)n[nH]1)N1CCN(c2ncccn2)CC1.I. The molecule has 0 amide bonds. The third-order valence-corrected chi connectivity index (χ3v) is 4.63. The van der Waals surface area contributed by atoms with Gasteiger partial charge in [-0.1, -0.05) is 0 Å². The molecule has 4 heterocycles. The summed E-state index contributed by atoms with van der Waals surface area (Å²) in [5.74, 6) is 3.73. The molecule has 10 nitrogen and oxygen atoms in total. The highest BCUT2D eigenvalue weighted by Crippen LogP contribution is 2.14. The highest BCUT2D eigenvalue weighted by Gasteiger charge is 2.21. The molecule has 160 valence electrons. The molecule has 3 aromatic rings. The van der Waals surface area contributed by atoms with Crippen molar-refractivity contribution in [2.75, 3.05) is 44.2 Å². The van der Waals surface area contributed by atoms with Crippen molar-refractivity contribution < 1.29 is 4.42 Å². The van der Waals surface area contributed by atoms with E-state index in [4.69, 9.17) is 9.41 Å². The van der Waals surface area contributed by atoms with Gasteiger partial charge in [0.1, 0.15) is 5.82 Å². The number of aromatic amines is 1. The van der Waals surface area contributed by atoms with Crippen LogP contribution in [-0.4, -0.2) is 75.3 Å². The maximum absolute atomic E-state index is 5.33. The third-order valence-electron chi connectivity index (χ3n) is 4.63. The minimum absolute atomic E-state index is 0. The number of aromatic nitrogens is 5. The zero-order chi connectivity index (χ0) is 19.9. The Kier molecular flexibility index (Phi) is 7.99. The van der Waals surface area contributed by atoms with Gasteiger partial charge in [0.25, 0.3) is 0 Å². The number of halogens is 1. The average Bonchev–Trinajstić information content (AvgIpc) is 3.46. The Labute approximate surface area is 192 Å². The molecular weight excluding hydrogens is 497 g/mol. The predicted octanol–water partition coefficient (Wildman–Crippen LogP) is 1.80. The number of H-pyrrole nitrogens is 1. The van der Waals surface area contributed by atoms with Crippen LogP contribution in [0.1, 0.15) is 12.7 Å². The molecule has 0 saturated carbocycles. The van der Waals surface area contributed by atoms with Crippen LogP contribution in [0, 0.1) is 0 Å². The topological polar surface area (TPSA) is 111 Å². The van der Waals surface area contributed by atoms with E-state index < -0.39 is 0 Å². The minimum Gasteiger partial charge on any atom is -0.461 e. The first kappa shape index (κ1) is 22.0. The second-order valence-electron chi connectivity index (χ2n) is 6.59. The minimum atomic E-state index is 0. The number of hydrogen-bond donors (Lipinski definition) is 2. The van der Waals surface area contributed by atoms with Crippen LogP contribution in [0.3, 0.4) is 0 Å². The molecule has 0 aliphatic carbocycles. The summed E-state index contributed by atoms with van der Waals surface area (Å²) in [6.07, 6.45) is 5.85. The van der Waals surface area contributed by atoms with Gasteiger partial charge in [0, 0.05) is 58.1 Å². The smallest absolute Gasteiger partial charge is 0.225 e. The van der Waals surface area contributed by atoms with Crippen LogP contribution in [-0.2, 0) is 6.42 Å². The first-order chi connectivity index (χ1) is 14.3. The first-order valence-electron chi connectivity index (χ1n) is 9.84. The molecule has 0 unspecified atom stereocenters. The maximum atomic E-state index is 5.33. The van der Waals surface area contributed by atoms with Gasteiger partial charge in [0.2, 0.25) is 11.8 Å². The number of nitrogens with zero attached hydrogens (tertiary/aromatic N) is 7. The Morgan fingerprint density at radius 2 is 2.00 bits per heavy atom. The van der Waals surface area contributed by atoms with Gasteiger partial charge < -0.3 is 19.5 Å². The summed E-state index contributed by atoms with van der Waals surface area (Å²) in [5.41, 5.74) is 0. The lowest BCUT2D eigenvalue weighted by Crippen LogP contribution is -2.53. The van der Waals surface area contributed by atoms with E-state index in [1.165, 1.54) is 0 Å². The van der Waals surface area contributed by atoms with E-state index in [-0.39, 0.29) is 24.0 Å². The molecule has 1 fully saturated rings. The molecule has 0 radical (unpaired) electrons. The fourth-order valence-corrected chi connectivity index (χ4v) is 3.19. The molecule has 0 atom stereocenters. The van der Waals surface area contributed by atoms with Crippen LogP contribution in [0.2, 0.25) is 0 Å². The number of rotatable bonds is 6. The van der Waals surface area contributed by atoms with Gasteiger partial charge in [-0.15, -0.1) is 24.0 Å². The number of anilines is 1. The van der Waals surface area contributed by atoms with Crippen molar-refractivity contribution >= 4 is 35.9 Å². The number of aliphatic imine (C=N–C) groups is 1. The van der Waals surface area contributed by atoms with Gasteiger partial charge in [0.15, 0.2) is 11.7 Å². The molecule has 30 heavy (non-hydrogen) atoms. The van der Waals surface area contributed by atoms with E-state index in [1.54, 1.807) is 18.7 Å². The fourth-order valence-electron chi connectivity index (χ4n) is 3.19. The summed E-state index contributed by atoms with van der Waals surface area (Å²) in [7, 11) is 0. The van der Waals surface area contributed by atoms with Gasteiger partial charge in [-0.05, 0) is 25.1 Å². The standard InChI is InChI=1S/C19H25N9O.HI/c1-2-20-18(27-10-12-28(13-11-27)19-21-7-4-8-22-19)23-9-6-16-24-17(26-25-16)15-5-3-14-29-15;/h3-5,7-8,14H,2,6,9-13H2,1H3,(H,20,23)(H,24,25,26);1H. The molecule has 2 N–H and O–H groups in total. The quantitative estimate of drug-likeness (QED) is 0.286. The Morgan fingerprint density at radius 1 is 1.20 bits per heavy atom.